The third-order valence-electron chi connectivity index (χ3n) is 2.81. The van der Waals surface area contributed by atoms with Crippen molar-refractivity contribution in [3.8, 4) is 11.3 Å². The van der Waals surface area contributed by atoms with Gasteiger partial charge in [0.25, 0.3) is 0 Å². The van der Waals surface area contributed by atoms with Crippen molar-refractivity contribution in [1.82, 2.24) is 20.0 Å². The number of thiophene rings is 1. The molecule has 0 aromatic carbocycles. The van der Waals surface area contributed by atoms with Crippen molar-refractivity contribution in [2.75, 3.05) is 0 Å². The molecule has 21 heavy (non-hydrogen) atoms. The van der Waals surface area contributed by atoms with Gasteiger partial charge in [-0.05, 0) is 24.3 Å². The molecule has 0 atom stereocenters. The van der Waals surface area contributed by atoms with Crippen molar-refractivity contribution in [2.45, 2.75) is 6.54 Å². The lowest BCUT2D eigenvalue weighted by molar-refractivity contribution is 0.0691. The number of pyridine rings is 1. The number of hydrogen-bond donors (Lipinski definition) is 1. The zero-order chi connectivity index (χ0) is 14.8. The first-order chi connectivity index (χ1) is 10.1. The molecule has 0 bridgehead atoms. The molecule has 3 heterocycles. The Morgan fingerprint density at radius 1 is 1.38 bits per heavy atom. The summed E-state index contributed by atoms with van der Waals surface area (Å²) in [7, 11) is 0. The molecule has 8 heteroatoms. The van der Waals surface area contributed by atoms with Gasteiger partial charge in [-0.2, -0.15) is 0 Å². The fourth-order valence-corrected chi connectivity index (χ4v) is 3.01. The minimum atomic E-state index is -1.12. The van der Waals surface area contributed by atoms with E-state index in [9.17, 15) is 9.90 Å². The molecule has 0 spiro atoms. The molecule has 0 fully saturated rings. The summed E-state index contributed by atoms with van der Waals surface area (Å²) in [5.74, 6) is -1.12. The molecule has 1 N–H and O–H groups in total. The molecule has 0 aliphatic heterocycles. The maximum absolute atomic E-state index is 11.3. The van der Waals surface area contributed by atoms with Crippen LogP contribution in [0.5, 0.6) is 0 Å². The van der Waals surface area contributed by atoms with Crippen molar-refractivity contribution >= 4 is 28.9 Å². The number of aromatic nitrogens is 4. The van der Waals surface area contributed by atoms with Gasteiger partial charge in [0, 0.05) is 22.8 Å². The Kier molecular flexibility index (Phi) is 3.68. The Balaban J connectivity index is 2.07. The lowest BCUT2D eigenvalue weighted by atomic mass is 10.1. The fourth-order valence-electron chi connectivity index (χ4n) is 1.94. The van der Waals surface area contributed by atoms with E-state index in [4.69, 9.17) is 11.6 Å². The average Bonchev–Trinajstić information content (AvgIpc) is 3.07. The van der Waals surface area contributed by atoms with Crippen LogP contribution in [-0.4, -0.2) is 31.1 Å². The van der Waals surface area contributed by atoms with Gasteiger partial charge in [-0.15, -0.1) is 16.4 Å². The molecule has 0 aliphatic carbocycles. The molecule has 6 nitrogen and oxygen atoms in total. The molecule has 3 aromatic heterocycles. The Labute approximate surface area is 128 Å². The molecule has 0 unspecified atom stereocenters. The topological polar surface area (TPSA) is 80.9 Å². The maximum Gasteiger partial charge on any atom is 0.358 e. The molecule has 0 saturated heterocycles. The van der Waals surface area contributed by atoms with Gasteiger partial charge in [0.2, 0.25) is 0 Å². The van der Waals surface area contributed by atoms with E-state index >= 15 is 0 Å². The highest BCUT2D eigenvalue weighted by molar-refractivity contribution is 7.16. The van der Waals surface area contributed by atoms with Gasteiger partial charge >= 0.3 is 5.97 Å². The van der Waals surface area contributed by atoms with Crippen LogP contribution in [0.2, 0.25) is 4.34 Å². The number of rotatable bonds is 4. The van der Waals surface area contributed by atoms with Crippen LogP contribution in [0.4, 0.5) is 0 Å². The van der Waals surface area contributed by atoms with Crippen molar-refractivity contribution in [3.05, 3.63) is 51.6 Å². The number of carboxylic acids is 1. The highest BCUT2D eigenvalue weighted by atomic mass is 35.5. The highest BCUT2D eigenvalue weighted by Crippen LogP contribution is 2.26. The second-order valence-corrected chi connectivity index (χ2v) is 6.00. The summed E-state index contributed by atoms with van der Waals surface area (Å²) in [6.45, 7) is 0.405. The van der Waals surface area contributed by atoms with Crippen LogP contribution in [0.25, 0.3) is 11.3 Å². The van der Waals surface area contributed by atoms with Crippen molar-refractivity contribution in [3.63, 3.8) is 0 Å². The number of hydrogen-bond acceptors (Lipinski definition) is 5. The van der Waals surface area contributed by atoms with Gasteiger partial charge in [-0.1, -0.05) is 16.8 Å². The van der Waals surface area contributed by atoms with Crippen LogP contribution < -0.4 is 0 Å². The number of halogens is 1. The molecule has 3 rings (SSSR count). The number of nitrogens with zero attached hydrogens (tertiary/aromatic N) is 4. The number of aromatic carboxylic acids is 1. The van der Waals surface area contributed by atoms with Crippen molar-refractivity contribution < 1.29 is 9.90 Å². The Bertz CT molecular complexity index is 785. The molecular formula is C13H9ClN4O2S. The summed E-state index contributed by atoms with van der Waals surface area (Å²) in [5.41, 5.74) is 0.994. The van der Waals surface area contributed by atoms with E-state index in [2.05, 4.69) is 15.3 Å². The van der Waals surface area contributed by atoms with Gasteiger partial charge in [-0.3, -0.25) is 4.98 Å². The maximum atomic E-state index is 11.3. The zero-order valence-electron chi connectivity index (χ0n) is 10.6. The minimum absolute atomic E-state index is 0.0920. The lowest BCUT2D eigenvalue weighted by Gasteiger charge is -2.05. The van der Waals surface area contributed by atoms with Gasteiger partial charge < -0.3 is 5.11 Å². The monoisotopic (exact) mass is 320 g/mol. The van der Waals surface area contributed by atoms with Crippen LogP contribution in [0, 0.1) is 0 Å². The zero-order valence-corrected chi connectivity index (χ0v) is 12.2. The molecule has 0 saturated carbocycles. The second-order valence-electron chi connectivity index (χ2n) is 4.20. The van der Waals surface area contributed by atoms with Gasteiger partial charge in [0.15, 0.2) is 5.69 Å². The van der Waals surface area contributed by atoms with E-state index in [1.807, 2.05) is 6.07 Å². The van der Waals surface area contributed by atoms with Crippen LogP contribution >= 0.6 is 22.9 Å². The van der Waals surface area contributed by atoms with Crippen molar-refractivity contribution in [1.29, 1.82) is 0 Å². The SMILES string of the molecule is O=C(O)c1nnn(Cc2ccc(Cl)s2)c1-c1cccnc1. The largest absolute Gasteiger partial charge is 0.476 e. The van der Waals surface area contributed by atoms with Gasteiger partial charge in [-0.25, -0.2) is 9.48 Å². The molecule has 0 radical (unpaired) electrons. The smallest absolute Gasteiger partial charge is 0.358 e. The van der Waals surface area contributed by atoms with E-state index < -0.39 is 5.97 Å². The van der Waals surface area contributed by atoms with Crippen LogP contribution in [-0.2, 0) is 6.54 Å². The molecule has 106 valence electrons. The minimum Gasteiger partial charge on any atom is -0.476 e. The Morgan fingerprint density at radius 2 is 2.24 bits per heavy atom. The molecular weight excluding hydrogens is 312 g/mol. The lowest BCUT2D eigenvalue weighted by Crippen LogP contribution is -2.05. The van der Waals surface area contributed by atoms with Crippen LogP contribution in [0.15, 0.2) is 36.7 Å². The molecule has 0 amide bonds. The fraction of sp³-hybridized carbons (Fsp3) is 0.0769. The first kappa shape index (κ1) is 13.7. The van der Waals surface area contributed by atoms with E-state index in [-0.39, 0.29) is 5.69 Å². The highest BCUT2D eigenvalue weighted by Gasteiger charge is 2.21. The van der Waals surface area contributed by atoms with Crippen LogP contribution in [0.1, 0.15) is 15.4 Å². The van der Waals surface area contributed by atoms with Crippen molar-refractivity contribution in [2.24, 2.45) is 0 Å². The van der Waals surface area contributed by atoms with E-state index in [0.29, 0.717) is 22.1 Å². The predicted octanol–water partition coefficient (Wildman–Crippen LogP) is 2.80. The summed E-state index contributed by atoms with van der Waals surface area (Å²) < 4.78 is 2.22. The van der Waals surface area contributed by atoms with E-state index in [0.717, 1.165) is 4.88 Å². The second kappa shape index (κ2) is 5.63. The summed E-state index contributed by atoms with van der Waals surface area (Å²) in [4.78, 5) is 16.3. The number of carbonyl (C=O) groups is 1. The molecule has 3 aromatic rings. The summed E-state index contributed by atoms with van der Waals surface area (Å²) >= 11 is 7.33. The standard InChI is InChI=1S/C13H9ClN4O2S/c14-10-4-3-9(21-10)7-18-12(8-2-1-5-15-6-8)11(13(19)20)16-17-18/h1-6H,7H2,(H,19,20). The summed E-state index contributed by atoms with van der Waals surface area (Å²) in [6.07, 6.45) is 3.21. The van der Waals surface area contributed by atoms with Gasteiger partial charge in [0.05, 0.1) is 10.9 Å². The Morgan fingerprint density at radius 3 is 2.86 bits per heavy atom. The summed E-state index contributed by atoms with van der Waals surface area (Å²) in [6, 6.07) is 7.18. The molecule has 0 aliphatic rings. The predicted molar refractivity (Wildman–Crippen MR) is 78.6 cm³/mol. The first-order valence-electron chi connectivity index (χ1n) is 5.96. The van der Waals surface area contributed by atoms with E-state index in [1.54, 1.807) is 35.3 Å². The first-order valence-corrected chi connectivity index (χ1v) is 7.16. The Hall–Kier alpha value is -2.25. The third-order valence-corrected chi connectivity index (χ3v) is 4.02. The number of carboxylic acid groups (broad SMARTS) is 1. The average molecular weight is 321 g/mol. The van der Waals surface area contributed by atoms with E-state index in [1.165, 1.54) is 11.3 Å². The normalized spacial score (nSPS) is 10.7. The van der Waals surface area contributed by atoms with Crippen LogP contribution in [0.3, 0.4) is 0 Å². The van der Waals surface area contributed by atoms with Gasteiger partial charge in [0.1, 0.15) is 5.69 Å². The quantitative estimate of drug-likeness (QED) is 0.799. The third kappa shape index (κ3) is 2.79. The summed E-state index contributed by atoms with van der Waals surface area (Å²) in [5, 5.41) is 16.9.